The lowest BCUT2D eigenvalue weighted by molar-refractivity contribution is 0.188. The maximum absolute atomic E-state index is 4.15. The number of pyridine rings is 1. The van der Waals surface area contributed by atoms with Gasteiger partial charge < -0.3 is 5.32 Å². The van der Waals surface area contributed by atoms with Crippen LogP contribution in [0, 0.1) is 0 Å². The molecule has 1 N–H and O–H groups in total. The molecule has 1 aromatic rings. The lowest BCUT2D eigenvalue weighted by Crippen LogP contribution is -2.43. The van der Waals surface area contributed by atoms with Gasteiger partial charge in [-0.3, -0.25) is 4.90 Å². The zero-order valence-electron chi connectivity index (χ0n) is 9.62. The van der Waals surface area contributed by atoms with Gasteiger partial charge in [-0.05, 0) is 60.1 Å². The Morgan fingerprint density at radius 1 is 1.62 bits per heavy atom. The summed E-state index contributed by atoms with van der Waals surface area (Å²) in [5.41, 5.74) is 1.33. The quantitative estimate of drug-likeness (QED) is 0.861. The lowest BCUT2D eigenvalue weighted by Gasteiger charge is -2.32. The van der Waals surface area contributed by atoms with Gasteiger partial charge in [-0.1, -0.05) is 0 Å². The summed E-state index contributed by atoms with van der Waals surface area (Å²) in [5.74, 6) is 0. The second-order valence-electron chi connectivity index (χ2n) is 4.35. The van der Waals surface area contributed by atoms with Gasteiger partial charge in [0.1, 0.15) is 4.60 Å². The summed E-state index contributed by atoms with van der Waals surface area (Å²) in [4.78, 5) is 6.66. The number of aromatic nitrogens is 1. The maximum Gasteiger partial charge on any atom is 0.106 e. The minimum absolute atomic E-state index is 0.652. The van der Waals surface area contributed by atoms with Gasteiger partial charge in [0.25, 0.3) is 0 Å². The Morgan fingerprint density at radius 3 is 3.25 bits per heavy atom. The third-order valence-electron chi connectivity index (χ3n) is 3.11. The molecule has 0 saturated carbocycles. The van der Waals surface area contributed by atoms with Crippen molar-refractivity contribution in [1.82, 2.24) is 15.2 Å². The molecular formula is C12H18BrN3. The van der Waals surface area contributed by atoms with Gasteiger partial charge >= 0.3 is 0 Å². The lowest BCUT2D eigenvalue weighted by atomic mass is 10.1. The maximum atomic E-state index is 4.15. The second-order valence-corrected chi connectivity index (χ2v) is 5.16. The van der Waals surface area contributed by atoms with E-state index in [0.29, 0.717) is 6.04 Å². The molecule has 1 fully saturated rings. The molecule has 0 aliphatic carbocycles. The largest absolute Gasteiger partial charge is 0.316 e. The van der Waals surface area contributed by atoms with E-state index in [1.807, 2.05) is 6.20 Å². The molecule has 1 aliphatic rings. The smallest absolute Gasteiger partial charge is 0.106 e. The molecule has 0 amide bonds. The fourth-order valence-corrected chi connectivity index (χ4v) is 2.65. The highest BCUT2D eigenvalue weighted by molar-refractivity contribution is 9.10. The first-order valence-electron chi connectivity index (χ1n) is 5.78. The fourth-order valence-electron chi connectivity index (χ4n) is 2.23. The first-order chi connectivity index (χ1) is 7.78. The summed E-state index contributed by atoms with van der Waals surface area (Å²) >= 11 is 3.41. The summed E-state index contributed by atoms with van der Waals surface area (Å²) < 4.78 is 0.923. The number of likely N-dealkylation sites (tertiary alicyclic amines) is 1. The van der Waals surface area contributed by atoms with Gasteiger partial charge in [0.2, 0.25) is 0 Å². The molecule has 1 atom stereocenters. The summed E-state index contributed by atoms with van der Waals surface area (Å²) in [6.45, 7) is 3.38. The Labute approximate surface area is 105 Å². The molecule has 88 valence electrons. The highest BCUT2D eigenvalue weighted by Gasteiger charge is 2.18. The first kappa shape index (κ1) is 12.0. The topological polar surface area (TPSA) is 28.2 Å². The van der Waals surface area contributed by atoms with Crippen molar-refractivity contribution in [2.24, 2.45) is 0 Å². The summed E-state index contributed by atoms with van der Waals surface area (Å²) in [5, 5.41) is 3.37. The second kappa shape index (κ2) is 5.75. The summed E-state index contributed by atoms with van der Waals surface area (Å²) in [7, 11) is 2.05. The van der Waals surface area contributed by atoms with E-state index in [9.17, 15) is 0 Å². The predicted octanol–water partition coefficient (Wildman–Crippen LogP) is 2.03. The van der Waals surface area contributed by atoms with Crippen LogP contribution in [0.1, 0.15) is 18.4 Å². The fraction of sp³-hybridized carbons (Fsp3) is 0.583. The van der Waals surface area contributed by atoms with E-state index in [1.165, 1.54) is 24.9 Å². The van der Waals surface area contributed by atoms with Crippen molar-refractivity contribution < 1.29 is 0 Å². The van der Waals surface area contributed by atoms with Crippen LogP contribution < -0.4 is 5.32 Å². The van der Waals surface area contributed by atoms with Crippen molar-refractivity contribution in [2.75, 3.05) is 20.1 Å². The van der Waals surface area contributed by atoms with E-state index < -0.39 is 0 Å². The molecule has 0 spiro atoms. The average molecular weight is 284 g/mol. The molecule has 16 heavy (non-hydrogen) atoms. The van der Waals surface area contributed by atoms with Crippen molar-refractivity contribution >= 4 is 15.9 Å². The van der Waals surface area contributed by atoms with Crippen LogP contribution in [0.25, 0.3) is 0 Å². The van der Waals surface area contributed by atoms with Crippen LogP contribution in [0.4, 0.5) is 0 Å². The molecule has 1 saturated heterocycles. The van der Waals surface area contributed by atoms with Crippen molar-refractivity contribution in [3.05, 3.63) is 28.5 Å². The van der Waals surface area contributed by atoms with Gasteiger partial charge in [-0.15, -0.1) is 0 Å². The van der Waals surface area contributed by atoms with E-state index in [-0.39, 0.29) is 0 Å². The number of nitrogens with one attached hydrogen (secondary N) is 1. The Hall–Kier alpha value is -0.450. The predicted molar refractivity (Wildman–Crippen MR) is 69.3 cm³/mol. The van der Waals surface area contributed by atoms with Crippen molar-refractivity contribution in [3.8, 4) is 0 Å². The number of hydrogen-bond donors (Lipinski definition) is 1. The number of piperidine rings is 1. The molecule has 3 nitrogen and oxygen atoms in total. The number of rotatable bonds is 3. The van der Waals surface area contributed by atoms with Crippen LogP contribution in [-0.4, -0.2) is 36.1 Å². The highest BCUT2D eigenvalue weighted by Crippen LogP contribution is 2.15. The van der Waals surface area contributed by atoms with Crippen LogP contribution in [0.5, 0.6) is 0 Å². The minimum atomic E-state index is 0.652. The number of hydrogen-bond acceptors (Lipinski definition) is 3. The van der Waals surface area contributed by atoms with Crippen LogP contribution in [0.15, 0.2) is 22.9 Å². The van der Waals surface area contributed by atoms with E-state index >= 15 is 0 Å². The van der Waals surface area contributed by atoms with Gasteiger partial charge in [0.05, 0.1) is 0 Å². The minimum Gasteiger partial charge on any atom is -0.316 e. The van der Waals surface area contributed by atoms with Crippen molar-refractivity contribution in [1.29, 1.82) is 0 Å². The standard InChI is InChI=1S/C12H18BrN3/c1-14-11-3-2-6-16(9-11)8-10-4-5-15-12(13)7-10/h4-5,7,11,14H,2-3,6,8-9H2,1H3. The number of likely N-dealkylation sites (N-methyl/N-ethyl adjacent to an activating group) is 1. The zero-order valence-corrected chi connectivity index (χ0v) is 11.2. The Kier molecular flexibility index (Phi) is 4.32. The summed E-state index contributed by atoms with van der Waals surface area (Å²) in [6, 6.07) is 4.84. The normalized spacial score (nSPS) is 22.2. The number of halogens is 1. The van der Waals surface area contributed by atoms with E-state index in [0.717, 1.165) is 17.7 Å². The van der Waals surface area contributed by atoms with Crippen molar-refractivity contribution in [3.63, 3.8) is 0 Å². The molecule has 2 rings (SSSR count). The number of nitrogens with zero attached hydrogens (tertiary/aromatic N) is 2. The molecule has 1 aliphatic heterocycles. The molecule has 2 heterocycles. The Bertz CT molecular complexity index is 343. The highest BCUT2D eigenvalue weighted by atomic mass is 79.9. The van der Waals surface area contributed by atoms with Gasteiger partial charge in [-0.25, -0.2) is 4.98 Å². The molecular weight excluding hydrogens is 266 g/mol. The molecule has 0 radical (unpaired) electrons. The Balaban J connectivity index is 1.94. The van der Waals surface area contributed by atoms with Gasteiger partial charge in [0.15, 0.2) is 0 Å². The van der Waals surface area contributed by atoms with Crippen LogP contribution in [-0.2, 0) is 6.54 Å². The first-order valence-corrected chi connectivity index (χ1v) is 6.57. The molecule has 0 bridgehead atoms. The molecule has 1 unspecified atom stereocenters. The van der Waals surface area contributed by atoms with Gasteiger partial charge in [0, 0.05) is 25.3 Å². The monoisotopic (exact) mass is 283 g/mol. The summed E-state index contributed by atoms with van der Waals surface area (Å²) in [6.07, 6.45) is 4.45. The van der Waals surface area contributed by atoms with Crippen LogP contribution >= 0.6 is 15.9 Å². The van der Waals surface area contributed by atoms with E-state index in [1.54, 1.807) is 0 Å². The van der Waals surface area contributed by atoms with Crippen LogP contribution in [0.2, 0.25) is 0 Å². The van der Waals surface area contributed by atoms with E-state index in [4.69, 9.17) is 0 Å². The van der Waals surface area contributed by atoms with Crippen molar-refractivity contribution in [2.45, 2.75) is 25.4 Å². The average Bonchev–Trinajstić information content (AvgIpc) is 2.29. The molecule has 1 aromatic heterocycles. The van der Waals surface area contributed by atoms with Crippen LogP contribution in [0.3, 0.4) is 0 Å². The third kappa shape index (κ3) is 3.27. The SMILES string of the molecule is CNC1CCCN(Cc2ccnc(Br)c2)C1. The Morgan fingerprint density at radius 2 is 2.50 bits per heavy atom. The molecule has 0 aromatic carbocycles. The molecule has 4 heteroatoms. The van der Waals surface area contributed by atoms with E-state index in [2.05, 4.69) is 50.3 Å². The zero-order chi connectivity index (χ0) is 11.4. The van der Waals surface area contributed by atoms with Gasteiger partial charge in [-0.2, -0.15) is 0 Å². The third-order valence-corrected chi connectivity index (χ3v) is 3.54.